The lowest BCUT2D eigenvalue weighted by Crippen LogP contribution is -2.15. The molecule has 0 heterocycles. The molecule has 0 radical (unpaired) electrons. The first-order valence-corrected chi connectivity index (χ1v) is 7.98. The average Bonchev–Trinajstić information content (AvgIpc) is 2.50. The van der Waals surface area contributed by atoms with Crippen LogP contribution in [0.3, 0.4) is 0 Å². The van der Waals surface area contributed by atoms with Crippen LogP contribution >= 0.6 is 11.6 Å². The number of nitrogens with one attached hydrogen (secondary N) is 1. The van der Waals surface area contributed by atoms with Crippen LogP contribution in [0.5, 0.6) is 5.75 Å². The number of rotatable bonds is 4. The number of benzene rings is 2. The summed E-state index contributed by atoms with van der Waals surface area (Å²) in [4.78, 5) is 12.7. The minimum Gasteiger partial charge on any atom is -0.496 e. The van der Waals surface area contributed by atoms with Crippen molar-refractivity contribution in [2.75, 3.05) is 12.4 Å². The third-order valence-corrected chi connectivity index (χ3v) is 4.37. The highest BCUT2D eigenvalue weighted by atomic mass is 35.5. The monoisotopic (exact) mass is 331 g/mol. The van der Waals surface area contributed by atoms with Crippen molar-refractivity contribution in [3.05, 3.63) is 57.6 Å². The zero-order valence-corrected chi connectivity index (χ0v) is 14.9. The van der Waals surface area contributed by atoms with Crippen molar-refractivity contribution < 1.29 is 9.53 Å². The standard InChI is InChI=1S/C19H22ClNO2/c1-11(2)14-10-15(12(3)9-18(14)23-5)19(22)21-17-8-6-7-16(20)13(17)4/h6-11H,1-5H3,(H,21,22). The van der Waals surface area contributed by atoms with Gasteiger partial charge in [0.15, 0.2) is 0 Å². The minimum atomic E-state index is -0.141. The molecule has 0 aromatic heterocycles. The van der Waals surface area contributed by atoms with Crippen molar-refractivity contribution in [2.24, 2.45) is 0 Å². The molecule has 0 bridgehead atoms. The van der Waals surface area contributed by atoms with Gasteiger partial charge in [0.1, 0.15) is 5.75 Å². The zero-order valence-electron chi connectivity index (χ0n) is 14.2. The lowest BCUT2D eigenvalue weighted by Gasteiger charge is -2.16. The van der Waals surface area contributed by atoms with Crippen LogP contribution < -0.4 is 10.1 Å². The Balaban J connectivity index is 2.39. The Morgan fingerprint density at radius 1 is 1.22 bits per heavy atom. The predicted molar refractivity (Wildman–Crippen MR) is 96.0 cm³/mol. The minimum absolute atomic E-state index is 0.141. The van der Waals surface area contributed by atoms with E-state index in [2.05, 4.69) is 19.2 Å². The maximum absolute atomic E-state index is 12.7. The van der Waals surface area contributed by atoms with Crippen LogP contribution in [0.1, 0.15) is 46.8 Å². The van der Waals surface area contributed by atoms with Crippen molar-refractivity contribution in [3.8, 4) is 5.75 Å². The van der Waals surface area contributed by atoms with E-state index in [4.69, 9.17) is 16.3 Å². The Morgan fingerprint density at radius 3 is 2.52 bits per heavy atom. The van der Waals surface area contributed by atoms with E-state index in [9.17, 15) is 4.79 Å². The molecule has 0 atom stereocenters. The summed E-state index contributed by atoms with van der Waals surface area (Å²) in [7, 11) is 1.65. The molecule has 0 spiro atoms. The van der Waals surface area contributed by atoms with Gasteiger partial charge in [-0.25, -0.2) is 0 Å². The number of carbonyl (C=O) groups excluding carboxylic acids is 1. The molecule has 1 N–H and O–H groups in total. The second-order valence-corrected chi connectivity index (χ2v) is 6.34. The highest BCUT2D eigenvalue weighted by Gasteiger charge is 2.16. The molecule has 122 valence electrons. The van der Waals surface area contributed by atoms with Crippen LogP contribution in [-0.4, -0.2) is 13.0 Å². The first-order chi connectivity index (χ1) is 10.8. The second-order valence-electron chi connectivity index (χ2n) is 5.93. The summed E-state index contributed by atoms with van der Waals surface area (Å²) in [6.45, 7) is 7.96. The summed E-state index contributed by atoms with van der Waals surface area (Å²) in [5.41, 5.74) is 4.13. The summed E-state index contributed by atoms with van der Waals surface area (Å²) < 4.78 is 5.43. The Hall–Kier alpha value is -2.00. The number of ether oxygens (including phenoxy) is 1. The van der Waals surface area contributed by atoms with Crippen LogP contribution in [0.15, 0.2) is 30.3 Å². The van der Waals surface area contributed by atoms with Crippen molar-refractivity contribution in [2.45, 2.75) is 33.6 Å². The summed E-state index contributed by atoms with van der Waals surface area (Å²) in [6.07, 6.45) is 0. The molecule has 4 heteroatoms. The molecular weight excluding hydrogens is 310 g/mol. The van der Waals surface area contributed by atoms with Crippen LogP contribution in [0, 0.1) is 13.8 Å². The first kappa shape index (κ1) is 17.4. The first-order valence-electron chi connectivity index (χ1n) is 7.60. The van der Waals surface area contributed by atoms with Crippen LogP contribution in [-0.2, 0) is 0 Å². The van der Waals surface area contributed by atoms with Crippen molar-refractivity contribution in [1.82, 2.24) is 0 Å². The smallest absolute Gasteiger partial charge is 0.255 e. The van der Waals surface area contributed by atoms with Gasteiger partial charge in [-0.3, -0.25) is 4.79 Å². The van der Waals surface area contributed by atoms with Crippen molar-refractivity contribution in [1.29, 1.82) is 0 Å². The third kappa shape index (κ3) is 3.67. The zero-order chi connectivity index (χ0) is 17.1. The van der Waals surface area contributed by atoms with Gasteiger partial charge in [-0.15, -0.1) is 0 Å². The molecule has 2 aromatic carbocycles. The summed E-state index contributed by atoms with van der Waals surface area (Å²) >= 11 is 6.11. The second kappa shape index (κ2) is 7.05. The topological polar surface area (TPSA) is 38.3 Å². The van der Waals surface area contributed by atoms with Gasteiger partial charge in [-0.1, -0.05) is 31.5 Å². The molecule has 0 saturated heterocycles. The number of carbonyl (C=O) groups is 1. The van der Waals surface area contributed by atoms with E-state index in [1.54, 1.807) is 7.11 Å². The van der Waals surface area contributed by atoms with Crippen LogP contribution in [0.2, 0.25) is 5.02 Å². The third-order valence-electron chi connectivity index (χ3n) is 3.96. The van der Waals surface area contributed by atoms with E-state index in [0.717, 1.165) is 28.1 Å². The van der Waals surface area contributed by atoms with Gasteiger partial charge in [0.05, 0.1) is 7.11 Å². The fourth-order valence-electron chi connectivity index (χ4n) is 2.50. The highest BCUT2D eigenvalue weighted by Crippen LogP contribution is 2.30. The lowest BCUT2D eigenvalue weighted by molar-refractivity contribution is 0.102. The van der Waals surface area contributed by atoms with E-state index in [-0.39, 0.29) is 11.8 Å². The molecule has 23 heavy (non-hydrogen) atoms. The molecule has 0 aliphatic carbocycles. The van der Waals surface area contributed by atoms with Gasteiger partial charge in [0.25, 0.3) is 5.91 Å². The summed E-state index contributed by atoms with van der Waals surface area (Å²) in [5.74, 6) is 0.940. The number of anilines is 1. The van der Waals surface area contributed by atoms with Gasteiger partial charge in [-0.05, 0) is 60.7 Å². The molecule has 3 nitrogen and oxygen atoms in total. The number of amides is 1. The van der Waals surface area contributed by atoms with Crippen molar-refractivity contribution in [3.63, 3.8) is 0 Å². The maximum atomic E-state index is 12.7. The van der Waals surface area contributed by atoms with Gasteiger partial charge in [0, 0.05) is 16.3 Å². The number of hydrogen-bond acceptors (Lipinski definition) is 2. The molecule has 0 unspecified atom stereocenters. The Bertz CT molecular complexity index is 738. The van der Waals surface area contributed by atoms with E-state index >= 15 is 0 Å². The fraction of sp³-hybridized carbons (Fsp3) is 0.316. The number of methoxy groups -OCH3 is 1. The van der Waals surface area contributed by atoms with E-state index in [0.29, 0.717) is 10.6 Å². The molecule has 0 aliphatic rings. The molecule has 0 saturated carbocycles. The van der Waals surface area contributed by atoms with Crippen molar-refractivity contribution >= 4 is 23.2 Å². The van der Waals surface area contributed by atoms with Gasteiger partial charge in [0.2, 0.25) is 0 Å². The number of aryl methyl sites for hydroxylation is 1. The van der Waals surface area contributed by atoms with Gasteiger partial charge < -0.3 is 10.1 Å². The molecular formula is C19H22ClNO2. The van der Waals surface area contributed by atoms with Crippen LogP contribution in [0.25, 0.3) is 0 Å². The Morgan fingerprint density at radius 2 is 1.91 bits per heavy atom. The molecule has 0 aliphatic heterocycles. The maximum Gasteiger partial charge on any atom is 0.255 e. The van der Waals surface area contributed by atoms with Crippen LogP contribution in [0.4, 0.5) is 5.69 Å². The average molecular weight is 332 g/mol. The Kier molecular flexibility index (Phi) is 5.32. The molecule has 0 fully saturated rings. The highest BCUT2D eigenvalue weighted by molar-refractivity contribution is 6.31. The summed E-state index contributed by atoms with van der Waals surface area (Å²) in [6, 6.07) is 9.30. The number of hydrogen-bond donors (Lipinski definition) is 1. The fourth-order valence-corrected chi connectivity index (χ4v) is 2.68. The molecule has 1 amide bonds. The summed E-state index contributed by atoms with van der Waals surface area (Å²) in [5, 5.41) is 3.58. The van der Waals surface area contributed by atoms with E-state index < -0.39 is 0 Å². The molecule has 2 aromatic rings. The van der Waals surface area contributed by atoms with E-state index in [1.807, 2.05) is 44.2 Å². The number of halogens is 1. The molecule has 2 rings (SSSR count). The quantitative estimate of drug-likeness (QED) is 0.821. The van der Waals surface area contributed by atoms with Gasteiger partial charge >= 0.3 is 0 Å². The van der Waals surface area contributed by atoms with Gasteiger partial charge in [-0.2, -0.15) is 0 Å². The Labute approximate surface area is 142 Å². The predicted octanol–water partition coefficient (Wildman–Crippen LogP) is 5.34. The largest absolute Gasteiger partial charge is 0.496 e. The van der Waals surface area contributed by atoms with E-state index in [1.165, 1.54) is 0 Å². The lowest BCUT2D eigenvalue weighted by atomic mass is 9.96. The SMILES string of the molecule is COc1cc(C)c(C(=O)Nc2cccc(Cl)c2C)cc1C(C)C. The normalized spacial score (nSPS) is 10.7.